The maximum Gasteiger partial charge on any atom is 0.306 e. The van der Waals surface area contributed by atoms with Crippen molar-refractivity contribution in [1.82, 2.24) is 0 Å². The highest BCUT2D eigenvalue weighted by Crippen LogP contribution is 2.17. The molecule has 0 radical (unpaired) electrons. The second kappa shape index (κ2) is 9.01. The van der Waals surface area contributed by atoms with Crippen molar-refractivity contribution in [3.63, 3.8) is 0 Å². The molecule has 1 N–H and O–H groups in total. The highest BCUT2D eigenvalue weighted by molar-refractivity contribution is 5.69. The first-order chi connectivity index (χ1) is 10.1. The predicted octanol–water partition coefficient (Wildman–Crippen LogP) is 2.96. The van der Waals surface area contributed by atoms with Gasteiger partial charge in [0, 0.05) is 12.0 Å². The first-order valence-corrected chi connectivity index (χ1v) is 6.96. The molecule has 0 atom stereocenters. The van der Waals surface area contributed by atoms with Crippen LogP contribution in [-0.2, 0) is 9.53 Å². The Labute approximate surface area is 125 Å². The third-order valence-corrected chi connectivity index (χ3v) is 2.94. The minimum Gasteiger partial charge on any atom is -0.497 e. The van der Waals surface area contributed by atoms with Crippen molar-refractivity contribution < 1.29 is 19.4 Å². The normalized spacial score (nSPS) is 9.71. The van der Waals surface area contributed by atoms with E-state index in [9.17, 15) is 9.90 Å². The van der Waals surface area contributed by atoms with Crippen LogP contribution in [0.15, 0.2) is 35.6 Å². The molecule has 0 saturated heterocycles. The van der Waals surface area contributed by atoms with Crippen LogP contribution < -0.4 is 4.74 Å². The van der Waals surface area contributed by atoms with Crippen molar-refractivity contribution >= 4 is 11.5 Å². The molecule has 0 aliphatic heterocycles. The van der Waals surface area contributed by atoms with Gasteiger partial charge in [-0.25, -0.2) is 0 Å². The molecule has 1 aromatic carbocycles. The smallest absolute Gasteiger partial charge is 0.306 e. The maximum absolute atomic E-state index is 11.3. The molecule has 21 heavy (non-hydrogen) atoms. The summed E-state index contributed by atoms with van der Waals surface area (Å²) >= 11 is 0. The Morgan fingerprint density at radius 1 is 1.29 bits per heavy atom. The number of esters is 1. The molecule has 0 fully saturated rings. The van der Waals surface area contributed by atoms with Gasteiger partial charge in [-0.05, 0) is 36.6 Å². The molecule has 114 valence electrons. The molecule has 0 aliphatic rings. The number of aliphatic hydroxyl groups excluding tert-OH is 1. The summed E-state index contributed by atoms with van der Waals surface area (Å²) in [5, 5.41) is 9.32. The fourth-order valence-corrected chi connectivity index (χ4v) is 1.74. The van der Waals surface area contributed by atoms with Crippen molar-refractivity contribution in [3.8, 4) is 5.75 Å². The molecule has 1 aromatic rings. The number of hydrogen-bond acceptors (Lipinski definition) is 4. The molecular weight excluding hydrogens is 268 g/mol. The number of carbonyl (C=O) groups is 1. The standard InChI is InChI=1S/C17H22O4/c1-4-5-17(19)21-12-14(11-18)10-13(2)15-6-8-16(20-3)9-7-15/h6-9,18H,4-5,11-12H2,1-3H3. The average molecular weight is 290 g/mol. The van der Waals surface area contributed by atoms with Crippen LogP contribution in [0.3, 0.4) is 0 Å². The van der Waals surface area contributed by atoms with Crippen LogP contribution in [0.2, 0.25) is 0 Å². The summed E-state index contributed by atoms with van der Waals surface area (Å²) in [6.45, 7) is 3.69. The van der Waals surface area contributed by atoms with E-state index in [-0.39, 0.29) is 19.2 Å². The molecule has 0 bridgehead atoms. The van der Waals surface area contributed by atoms with E-state index < -0.39 is 0 Å². The third kappa shape index (κ3) is 5.86. The summed E-state index contributed by atoms with van der Waals surface area (Å²) in [5.74, 6) is 0.527. The number of aliphatic hydroxyl groups is 1. The Kier molecular flexibility index (Phi) is 7.30. The van der Waals surface area contributed by atoms with Gasteiger partial charge in [-0.3, -0.25) is 4.79 Å². The molecule has 0 spiro atoms. The topological polar surface area (TPSA) is 55.8 Å². The number of rotatable bonds is 7. The van der Waals surface area contributed by atoms with E-state index in [0.29, 0.717) is 12.0 Å². The lowest BCUT2D eigenvalue weighted by molar-refractivity contribution is -0.142. The molecule has 0 aliphatic carbocycles. The van der Waals surface area contributed by atoms with E-state index in [1.54, 1.807) is 7.11 Å². The van der Waals surface area contributed by atoms with E-state index in [4.69, 9.17) is 9.47 Å². The predicted molar refractivity (Wildman–Crippen MR) is 82.1 cm³/mol. The van der Waals surface area contributed by atoms with Gasteiger partial charge in [0.15, 0.2) is 0 Å². The minimum absolute atomic E-state index is 0.0723. The van der Waals surface area contributed by atoms with E-state index >= 15 is 0 Å². The van der Waals surface area contributed by atoms with Crippen LogP contribution in [0.1, 0.15) is 32.3 Å². The third-order valence-electron chi connectivity index (χ3n) is 2.94. The highest BCUT2D eigenvalue weighted by Gasteiger charge is 2.03. The number of methoxy groups -OCH3 is 1. The average Bonchev–Trinajstić information content (AvgIpc) is 2.51. The summed E-state index contributed by atoms with van der Waals surface area (Å²) in [5.41, 5.74) is 5.47. The largest absolute Gasteiger partial charge is 0.497 e. The molecule has 0 unspecified atom stereocenters. The van der Waals surface area contributed by atoms with Gasteiger partial charge in [0.1, 0.15) is 12.4 Å². The van der Waals surface area contributed by atoms with Crippen molar-refractivity contribution in [2.45, 2.75) is 26.7 Å². The first-order valence-electron chi connectivity index (χ1n) is 6.96. The number of benzene rings is 1. The number of carbonyl (C=O) groups excluding carboxylic acids is 1. The highest BCUT2D eigenvalue weighted by atomic mass is 16.5. The van der Waals surface area contributed by atoms with E-state index in [2.05, 4.69) is 5.73 Å². The molecule has 4 heteroatoms. The van der Waals surface area contributed by atoms with Crippen molar-refractivity contribution in [2.24, 2.45) is 0 Å². The fraction of sp³-hybridized carbons (Fsp3) is 0.412. The Hall–Kier alpha value is -2.03. The number of hydrogen-bond donors (Lipinski definition) is 1. The molecule has 1 rings (SSSR count). The van der Waals surface area contributed by atoms with Gasteiger partial charge in [-0.2, -0.15) is 0 Å². The summed E-state index contributed by atoms with van der Waals surface area (Å²) in [6.07, 6.45) is 1.14. The van der Waals surface area contributed by atoms with Gasteiger partial charge in [-0.15, -0.1) is 5.73 Å². The SMILES string of the molecule is CCCC(=O)OCC(=C=C(C)c1ccc(OC)cc1)CO. The summed E-state index contributed by atoms with van der Waals surface area (Å²) < 4.78 is 10.2. The Balaban J connectivity index is 2.83. The number of ether oxygens (including phenoxy) is 2. The van der Waals surface area contributed by atoms with Gasteiger partial charge in [0.2, 0.25) is 0 Å². The van der Waals surface area contributed by atoms with Crippen molar-refractivity contribution in [1.29, 1.82) is 0 Å². The molecular formula is C17H22O4. The lowest BCUT2D eigenvalue weighted by atomic mass is 10.1. The van der Waals surface area contributed by atoms with Crippen LogP contribution in [0.4, 0.5) is 0 Å². The van der Waals surface area contributed by atoms with Gasteiger partial charge < -0.3 is 14.6 Å². The lowest BCUT2D eigenvalue weighted by Crippen LogP contribution is -2.08. The van der Waals surface area contributed by atoms with Crippen LogP contribution in [-0.4, -0.2) is 31.4 Å². The van der Waals surface area contributed by atoms with Gasteiger partial charge in [0.25, 0.3) is 0 Å². The zero-order valence-corrected chi connectivity index (χ0v) is 12.8. The molecule has 0 aromatic heterocycles. The summed E-state index contributed by atoms with van der Waals surface area (Å²) in [4.78, 5) is 11.3. The monoisotopic (exact) mass is 290 g/mol. The van der Waals surface area contributed by atoms with Crippen LogP contribution >= 0.6 is 0 Å². The quantitative estimate of drug-likeness (QED) is 0.619. The van der Waals surface area contributed by atoms with Crippen LogP contribution in [0.5, 0.6) is 5.75 Å². The minimum atomic E-state index is -0.257. The zero-order chi connectivity index (χ0) is 15.7. The second-order valence-electron chi connectivity index (χ2n) is 4.65. The molecule has 0 saturated carbocycles. The Morgan fingerprint density at radius 2 is 1.95 bits per heavy atom. The van der Waals surface area contributed by atoms with E-state index in [1.807, 2.05) is 38.1 Å². The molecule has 0 heterocycles. The first kappa shape index (κ1) is 17.0. The second-order valence-corrected chi connectivity index (χ2v) is 4.65. The lowest BCUT2D eigenvalue weighted by Gasteiger charge is -2.05. The fourth-order valence-electron chi connectivity index (χ4n) is 1.74. The summed E-state index contributed by atoms with van der Waals surface area (Å²) in [6, 6.07) is 7.55. The molecule has 4 nitrogen and oxygen atoms in total. The van der Waals surface area contributed by atoms with Gasteiger partial charge in [-0.1, -0.05) is 19.1 Å². The van der Waals surface area contributed by atoms with Crippen LogP contribution in [0, 0.1) is 0 Å². The van der Waals surface area contributed by atoms with Crippen molar-refractivity contribution in [2.75, 3.05) is 20.3 Å². The van der Waals surface area contributed by atoms with E-state index in [1.165, 1.54) is 0 Å². The van der Waals surface area contributed by atoms with Gasteiger partial charge in [0.05, 0.1) is 13.7 Å². The maximum atomic E-state index is 11.3. The van der Waals surface area contributed by atoms with Crippen LogP contribution in [0.25, 0.3) is 5.57 Å². The van der Waals surface area contributed by atoms with Gasteiger partial charge >= 0.3 is 5.97 Å². The van der Waals surface area contributed by atoms with Crippen molar-refractivity contribution in [3.05, 3.63) is 41.1 Å². The Morgan fingerprint density at radius 3 is 2.48 bits per heavy atom. The van der Waals surface area contributed by atoms with E-state index in [0.717, 1.165) is 23.3 Å². The zero-order valence-electron chi connectivity index (χ0n) is 12.8. The summed E-state index contributed by atoms with van der Waals surface area (Å²) in [7, 11) is 1.62. The Bertz CT molecular complexity index is 522. The molecule has 0 amide bonds.